The highest BCUT2D eigenvalue weighted by Gasteiger charge is 2.17. The first-order valence-electron chi connectivity index (χ1n) is 7.64. The first kappa shape index (κ1) is 16.6. The van der Waals surface area contributed by atoms with Crippen LogP contribution in [0, 0.1) is 5.92 Å². The van der Waals surface area contributed by atoms with E-state index >= 15 is 0 Å². The van der Waals surface area contributed by atoms with Gasteiger partial charge in [0.15, 0.2) is 0 Å². The van der Waals surface area contributed by atoms with Crippen molar-refractivity contribution >= 4 is 17.5 Å². The average molecular weight is 320 g/mol. The number of hydrogen-bond donors (Lipinski definition) is 1. The Morgan fingerprint density at radius 2 is 2.00 bits per heavy atom. The summed E-state index contributed by atoms with van der Waals surface area (Å²) in [6.07, 6.45) is 3.39. The Hall–Kier alpha value is -1.81. The number of carbonyl (C=O) groups is 1. The molecule has 118 valence electrons. The van der Waals surface area contributed by atoms with Gasteiger partial charge >= 0.3 is 0 Å². The summed E-state index contributed by atoms with van der Waals surface area (Å²) in [4.78, 5) is 12.4. The van der Waals surface area contributed by atoms with E-state index in [1.54, 1.807) is 6.20 Å². The van der Waals surface area contributed by atoms with Gasteiger partial charge < -0.3 is 5.32 Å². The lowest BCUT2D eigenvalue weighted by Gasteiger charge is -2.10. The first-order valence-corrected chi connectivity index (χ1v) is 8.01. The van der Waals surface area contributed by atoms with Gasteiger partial charge in [-0.3, -0.25) is 4.79 Å². The number of aromatic nitrogens is 2. The molecule has 4 nitrogen and oxygen atoms in total. The molecule has 0 bridgehead atoms. The van der Waals surface area contributed by atoms with Gasteiger partial charge in [0.2, 0.25) is 0 Å². The van der Waals surface area contributed by atoms with E-state index in [-0.39, 0.29) is 5.91 Å². The number of nitrogens with zero attached hydrogens (tertiary/aromatic N) is 2. The van der Waals surface area contributed by atoms with Crippen molar-refractivity contribution in [2.24, 2.45) is 5.92 Å². The minimum absolute atomic E-state index is 0.0580. The second-order valence-corrected chi connectivity index (χ2v) is 6.18. The molecule has 0 fully saturated rings. The Labute approximate surface area is 136 Å². The first-order chi connectivity index (χ1) is 10.5. The number of halogens is 1. The van der Waals surface area contributed by atoms with Crippen molar-refractivity contribution in [2.75, 3.05) is 6.54 Å². The maximum Gasteiger partial charge on any atom is 0.254 e. The standard InChI is InChI=1S/C17H22ClN3O/c1-4-5-16-15(17(22)19-10-12(2)3)11-20-21(16)14-8-6-13(18)7-9-14/h6-9,11-12H,4-5,10H2,1-3H3,(H,19,22). The lowest BCUT2D eigenvalue weighted by Crippen LogP contribution is -2.28. The van der Waals surface area contributed by atoms with Gasteiger partial charge in [-0.25, -0.2) is 4.68 Å². The zero-order valence-corrected chi connectivity index (χ0v) is 14.0. The van der Waals surface area contributed by atoms with Gasteiger partial charge in [0.25, 0.3) is 5.91 Å². The quantitative estimate of drug-likeness (QED) is 0.878. The minimum atomic E-state index is -0.0580. The largest absolute Gasteiger partial charge is 0.352 e. The van der Waals surface area contributed by atoms with Gasteiger partial charge in [-0.1, -0.05) is 38.8 Å². The van der Waals surface area contributed by atoms with Crippen molar-refractivity contribution in [3.63, 3.8) is 0 Å². The van der Waals surface area contributed by atoms with Crippen LogP contribution in [0.15, 0.2) is 30.5 Å². The third kappa shape index (κ3) is 3.89. The Morgan fingerprint density at radius 1 is 1.32 bits per heavy atom. The molecule has 0 radical (unpaired) electrons. The molecular weight excluding hydrogens is 298 g/mol. The number of benzene rings is 1. The molecule has 0 saturated carbocycles. The van der Waals surface area contributed by atoms with Gasteiger partial charge in [-0.05, 0) is 36.6 Å². The fourth-order valence-electron chi connectivity index (χ4n) is 2.24. The van der Waals surface area contributed by atoms with Gasteiger partial charge in [-0.2, -0.15) is 5.10 Å². The Morgan fingerprint density at radius 3 is 2.59 bits per heavy atom. The molecule has 5 heteroatoms. The summed E-state index contributed by atoms with van der Waals surface area (Å²) >= 11 is 5.93. The number of hydrogen-bond acceptors (Lipinski definition) is 2. The van der Waals surface area contributed by atoms with E-state index in [2.05, 4.69) is 31.2 Å². The van der Waals surface area contributed by atoms with E-state index in [1.165, 1.54) is 0 Å². The fourth-order valence-corrected chi connectivity index (χ4v) is 2.36. The highest BCUT2D eigenvalue weighted by molar-refractivity contribution is 6.30. The predicted molar refractivity (Wildman–Crippen MR) is 89.7 cm³/mol. The van der Waals surface area contributed by atoms with Gasteiger partial charge in [0, 0.05) is 11.6 Å². The molecule has 1 aromatic heterocycles. The SMILES string of the molecule is CCCc1c(C(=O)NCC(C)C)cnn1-c1ccc(Cl)cc1. The number of nitrogens with one attached hydrogen (secondary N) is 1. The molecule has 22 heavy (non-hydrogen) atoms. The smallest absolute Gasteiger partial charge is 0.254 e. The molecule has 0 saturated heterocycles. The monoisotopic (exact) mass is 319 g/mol. The predicted octanol–water partition coefficient (Wildman–Crippen LogP) is 3.86. The molecule has 1 heterocycles. The van der Waals surface area contributed by atoms with Crippen LogP contribution in [0.1, 0.15) is 43.2 Å². The van der Waals surface area contributed by atoms with Crippen molar-refractivity contribution in [3.8, 4) is 5.69 Å². The molecule has 1 aromatic carbocycles. The summed E-state index contributed by atoms with van der Waals surface area (Å²) < 4.78 is 1.82. The molecule has 1 amide bonds. The van der Waals surface area contributed by atoms with E-state index in [0.29, 0.717) is 23.0 Å². The lowest BCUT2D eigenvalue weighted by molar-refractivity contribution is 0.0948. The average Bonchev–Trinajstić information content (AvgIpc) is 2.90. The summed E-state index contributed by atoms with van der Waals surface area (Å²) in [6, 6.07) is 7.47. The normalized spacial score (nSPS) is 11.0. The highest BCUT2D eigenvalue weighted by atomic mass is 35.5. The number of carbonyl (C=O) groups excluding carboxylic acids is 1. The second-order valence-electron chi connectivity index (χ2n) is 5.75. The van der Waals surface area contributed by atoms with Crippen molar-refractivity contribution in [1.82, 2.24) is 15.1 Å². The molecule has 0 unspecified atom stereocenters. The van der Waals surface area contributed by atoms with E-state index in [4.69, 9.17) is 11.6 Å². The zero-order valence-electron chi connectivity index (χ0n) is 13.3. The van der Waals surface area contributed by atoms with Crippen molar-refractivity contribution < 1.29 is 4.79 Å². The van der Waals surface area contributed by atoms with Gasteiger partial charge in [-0.15, -0.1) is 0 Å². The second kappa shape index (κ2) is 7.45. The highest BCUT2D eigenvalue weighted by Crippen LogP contribution is 2.19. The maximum absolute atomic E-state index is 12.4. The summed E-state index contributed by atoms with van der Waals surface area (Å²) in [5, 5.41) is 8.04. The topological polar surface area (TPSA) is 46.9 Å². The Balaban J connectivity index is 2.32. The van der Waals surface area contributed by atoms with Gasteiger partial charge in [0.1, 0.15) is 0 Å². The van der Waals surface area contributed by atoms with Gasteiger partial charge in [0.05, 0.1) is 23.1 Å². The molecule has 2 aromatic rings. The van der Waals surface area contributed by atoms with Crippen LogP contribution in [0.4, 0.5) is 0 Å². The number of rotatable bonds is 6. The Bertz CT molecular complexity index is 632. The van der Waals surface area contributed by atoms with Crippen LogP contribution >= 0.6 is 11.6 Å². The zero-order chi connectivity index (χ0) is 16.1. The molecule has 1 N–H and O–H groups in total. The van der Waals surface area contributed by atoms with Crippen LogP contribution in [0.2, 0.25) is 5.02 Å². The number of amides is 1. The molecule has 0 aliphatic heterocycles. The van der Waals surface area contributed by atoms with E-state index < -0.39 is 0 Å². The van der Waals surface area contributed by atoms with Crippen molar-refractivity contribution in [3.05, 3.63) is 46.7 Å². The molecule has 0 aliphatic rings. The van der Waals surface area contributed by atoms with E-state index in [0.717, 1.165) is 24.2 Å². The molecule has 0 aliphatic carbocycles. The minimum Gasteiger partial charge on any atom is -0.352 e. The third-order valence-corrected chi connectivity index (χ3v) is 3.59. The van der Waals surface area contributed by atoms with Crippen molar-refractivity contribution in [1.29, 1.82) is 0 Å². The summed E-state index contributed by atoms with van der Waals surface area (Å²) in [7, 11) is 0. The van der Waals surface area contributed by atoms with E-state index in [9.17, 15) is 4.79 Å². The summed E-state index contributed by atoms with van der Waals surface area (Å²) in [5.41, 5.74) is 2.50. The molecule has 2 rings (SSSR count). The molecule has 0 spiro atoms. The van der Waals surface area contributed by atoms with Crippen LogP contribution in [0.25, 0.3) is 5.69 Å². The van der Waals surface area contributed by atoms with Crippen LogP contribution in [-0.4, -0.2) is 22.2 Å². The summed E-state index contributed by atoms with van der Waals surface area (Å²) in [6.45, 7) is 6.90. The van der Waals surface area contributed by atoms with Crippen molar-refractivity contribution in [2.45, 2.75) is 33.6 Å². The molecule has 0 atom stereocenters. The van der Waals surface area contributed by atoms with E-state index in [1.807, 2.05) is 28.9 Å². The fraction of sp³-hybridized carbons (Fsp3) is 0.412. The van der Waals surface area contributed by atoms with Crippen LogP contribution < -0.4 is 5.32 Å². The van der Waals surface area contributed by atoms with Crippen LogP contribution in [0.5, 0.6) is 0 Å². The Kier molecular flexibility index (Phi) is 5.61. The van der Waals surface area contributed by atoms with Crippen LogP contribution in [-0.2, 0) is 6.42 Å². The lowest BCUT2D eigenvalue weighted by atomic mass is 10.1. The molecular formula is C17H22ClN3O. The maximum atomic E-state index is 12.4. The summed E-state index contributed by atoms with van der Waals surface area (Å²) in [5.74, 6) is 0.363. The third-order valence-electron chi connectivity index (χ3n) is 3.34. The van der Waals surface area contributed by atoms with Crippen LogP contribution in [0.3, 0.4) is 0 Å².